The predicted octanol–water partition coefficient (Wildman–Crippen LogP) is 5.17. The van der Waals surface area contributed by atoms with E-state index in [1.54, 1.807) is 6.92 Å². The molecule has 2 fully saturated rings. The van der Waals surface area contributed by atoms with Crippen LogP contribution in [0.4, 0.5) is 0 Å². The molecule has 4 rings (SSSR count). The Morgan fingerprint density at radius 1 is 1.05 bits per heavy atom. The Labute approximate surface area is 231 Å². The van der Waals surface area contributed by atoms with E-state index in [9.17, 15) is 19.2 Å². The summed E-state index contributed by atoms with van der Waals surface area (Å²) in [5.41, 5.74) is 0.258. The molecule has 0 aliphatic heterocycles. The average Bonchev–Trinajstić information content (AvgIpc) is 3.24. The molecule has 0 N–H and O–H groups in total. The number of hydrogen-bond acceptors (Lipinski definition) is 7. The topological polar surface area (TPSA) is 96.0 Å². The molecule has 0 spiro atoms. The zero-order valence-electron chi connectivity index (χ0n) is 23.8. The van der Waals surface area contributed by atoms with Crippen molar-refractivity contribution in [3.05, 3.63) is 59.7 Å². The van der Waals surface area contributed by atoms with E-state index in [1.165, 1.54) is 13.8 Å². The molecule has 1 aromatic rings. The number of allylic oxidation sites excluding steroid dienone is 1. The lowest BCUT2D eigenvalue weighted by Crippen LogP contribution is -2.55. The smallest absolute Gasteiger partial charge is 0.310 e. The van der Waals surface area contributed by atoms with Gasteiger partial charge < -0.3 is 14.2 Å². The molecule has 0 saturated heterocycles. The summed E-state index contributed by atoms with van der Waals surface area (Å²) >= 11 is 0. The molecule has 39 heavy (non-hydrogen) atoms. The maximum absolute atomic E-state index is 14.3. The van der Waals surface area contributed by atoms with Crippen LogP contribution >= 0.6 is 0 Å². The van der Waals surface area contributed by atoms with Crippen LogP contribution in [0.25, 0.3) is 0 Å². The standard InChI is InChI=1S/C32H40O7/c1-18-13-14-24-25(31(24,6)7)15-19(2)30(36)32(39-22(5)34)17-20(3)29(27(32)28(18)37-21(4)33)38-26(35)16-23-11-9-8-10-12-23/h8-12,15,20,24-25,27-29H,1,13-14,16-17H2,2-7H3/t20-,24-,25+,27-,28-,29-,32+/m0/s1. The van der Waals surface area contributed by atoms with E-state index < -0.39 is 41.6 Å². The van der Waals surface area contributed by atoms with Gasteiger partial charge in [0.15, 0.2) is 5.60 Å². The van der Waals surface area contributed by atoms with Gasteiger partial charge in [-0.05, 0) is 59.6 Å². The molecule has 0 heterocycles. The number of carbonyl (C=O) groups is 4. The van der Waals surface area contributed by atoms with Gasteiger partial charge in [-0.3, -0.25) is 19.2 Å². The molecule has 210 valence electrons. The second-order valence-corrected chi connectivity index (χ2v) is 12.2. The zero-order valence-corrected chi connectivity index (χ0v) is 23.8. The van der Waals surface area contributed by atoms with Gasteiger partial charge in [-0.2, -0.15) is 0 Å². The summed E-state index contributed by atoms with van der Waals surface area (Å²) in [6, 6.07) is 9.23. The minimum atomic E-state index is -1.68. The van der Waals surface area contributed by atoms with E-state index in [2.05, 4.69) is 20.4 Å². The molecule has 0 bridgehead atoms. The SMILES string of the molecule is C=C1CC[C@H]2[C@@H](C=C(C)C(=O)[C@@]3(OC(C)=O)C[C@H](C)[C@H](OC(=O)Cc4ccccc4)[C@@H]3[C@H]1OC(C)=O)C2(C)C. The van der Waals surface area contributed by atoms with E-state index in [0.29, 0.717) is 23.5 Å². The molecule has 1 aromatic carbocycles. The minimum absolute atomic E-state index is 0.0183. The van der Waals surface area contributed by atoms with E-state index in [-0.39, 0.29) is 35.9 Å². The first-order chi connectivity index (χ1) is 18.3. The summed E-state index contributed by atoms with van der Waals surface area (Å²) in [6.07, 6.45) is 1.74. The van der Waals surface area contributed by atoms with Crippen molar-refractivity contribution in [3.63, 3.8) is 0 Å². The minimum Gasteiger partial charge on any atom is -0.461 e. The second kappa shape index (κ2) is 10.7. The maximum atomic E-state index is 14.3. The first kappa shape index (κ1) is 28.8. The van der Waals surface area contributed by atoms with E-state index >= 15 is 0 Å². The molecule has 0 radical (unpaired) electrons. The molecule has 7 atom stereocenters. The molecule has 3 aliphatic carbocycles. The molecular formula is C32H40O7. The van der Waals surface area contributed by atoms with Crippen molar-refractivity contribution >= 4 is 23.7 Å². The number of benzene rings is 1. The Morgan fingerprint density at radius 3 is 2.33 bits per heavy atom. The predicted molar refractivity (Wildman–Crippen MR) is 145 cm³/mol. The number of carbonyl (C=O) groups excluding carboxylic acids is 4. The Bertz CT molecular complexity index is 1200. The van der Waals surface area contributed by atoms with Crippen LogP contribution in [-0.2, 0) is 39.8 Å². The summed E-state index contributed by atoms with van der Waals surface area (Å²) in [5.74, 6) is -2.75. The number of Topliss-reactive ketones (excluding diaryl/α,β-unsaturated/α-hetero) is 1. The van der Waals surface area contributed by atoms with Crippen molar-refractivity contribution in [2.24, 2.45) is 29.1 Å². The highest BCUT2D eigenvalue weighted by Crippen LogP contribution is 2.62. The number of rotatable bonds is 5. The highest BCUT2D eigenvalue weighted by atomic mass is 16.6. The Morgan fingerprint density at radius 2 is 1.72 bits per heavy atom. The van der Waals surface area contributed by atoms with Crippen LogP contribution in [0.3, 0.4) is 0 Å². The number of hydrogen-bond donors (Lipinski definition) is 0. The van der Waals surface area contributed by atoms with Crippen LogP contribution in [0.5, 0.6) is 0 Å². The van der Waals surface area contributed by atoms with Crippen molar-refractivity contribution in [2.75, 3.05) is 0 Å². The van der Waals surface area contributed by atoms with Gasteiger partial charge in [0.05, 0.1) is 12.3 Å². The monoisotopic (exact) mass is 536 g/mol. The largest absolute Gasteiger partial charge is 0.461 e. The average molecular weight is 537 g/mol. The van der Waals surface area contributed by atoms with Crippen LogP contribution in [0.1, 0.15) is 66.4 Å². The number of ketones is 1. The summed E-state index contributed by atoms with van der Waals surface area (Å²) in [5, 5.41) is 0. The quantitative estimate of drug-likeness (QED) is 0.291. The van der Waals surface area contributed by atoms with Crippen molar-refractivity contribution in [1.82, 2.24) is 0 Å². The van der Waals surface area contributed by atoms with Crippen molar-refractivity contribution in [2.45, 2.75) is 85.0 Å². The summed E-state index contributed by atoms with van der Waals surface area (Å²) < 4.78 is 17.9. The lowest BCUT2D eigenvalue weighted by Gasteiger charge is -2.40. The number of fused-ring (bicyclic) bond motifs is 2. The third kappa shape index (κ3) is 5.59. The third-order valence-corrected chi connectivity index (χ3v) is 8.97. The summed E-state index contributed by atoms with van der Waals surface area (Å²) in [4.78, 5) is 52.4. The van der Waals surface area contributed by atoms with Gasteiger partial charge in [0, 0.05) is 20.3 Å². The van der Waals surface area contributed by atoms with Crippen LogP contribution in [0.2, 0.25) is 0 Å². The van der Waals surface area contributed by atoms with Crippen molar-refractivity contribution in [3.8, 4) is 0 Å². The molecule has 2 saturated carbocycles. The highest BCUT2D eigenvalue weighted by molar-refractivity contribution is 6.03. The summed E-state index contributed by atoms with van der Waals surface area (Å²) in [7, 11) is 0. The second-order valence-electron chi connectivity index (χ2n) is 12.2. The molecule has 0 unspecified atom stereocenters. The van der Waals surface area contributed by atoms with E-state index in [0.717, 1.165) is 12.0 Å². The summed E-state index contributed by atoms with van der Waals surface area (Å²) in [6.45, 7) is 14.8. The fourth-order valence-electron chi connectivity index (χ4n) is 6.99. The van der Waals surface area contributed by atoms with Crippen LogP contribution in [0, 0.1) is 29.1 Å². The first-order valence-electron chi connectivity index (χ1n) is 13.8. The van der Waals surface area contributed by atoms with Gasteiger partial charge in [-0.15, -0.1) is 0 Å². The van der Waals surface area contributed by atoms with Crippen LogP contribution < -0.4 is 0 Å². The number of esters is 3. The Kier molecular flexibility index (Phi) is 7.93. The molecule has 7 heteroatoms. The molecule has 7 nitrogen and oxygen atoms in total. The third-order valence-electron chi connectivity index (χ3n) is 8.97. The maximum Gasteiger partial charge on any atom is 0.310 e. The van der Waals surface area contributed by atoms with Gasteiger partial charge in [0.2, 0.25) is 5.78 Å². The normalized spacial score (nSPS) is 33.5. The van der Waals surface area contributed by atoms with Gasteiger partial charge >= 0.3 is 17.9 Å². The zero-order chi connectivity index (χ0) is 28.7. The number of ether oxygens (including phenoxy) is 3. The van der Waals surface area contributed by atoms with Crippen LogP contribution in [-0.4, -0.2) is 41.5 Å². The Balaban J connectivity index is 1.81. The van der Waals surface area contributed by atoms with E-state index in [4.69, 9.17) is 14.2 Å². The van der Waals surface area contributed by atoms with E-state index in [1.807, 2.05) is 43.3 Å². The van der Waals surface area contributed by atoms with Crippen molar-refractivity contribution in [1.29, 1.82) is 0 Å². The van der Waals surface area contributed by atoms with Crippen molar-refractivity contribution < 1.29 is 33.4 Å². The molecule has 0 aromatic heterocycles. The lowest BCUT2D eigenvalue weighted by molar-refractivity contribution is -0.182. The fraction of sp³-hybridized carbons (Fsp3) is 0.562. The molecule has 0 amide bonds. The highest BCUT2D eigenvalue weighted by Gasteiger charge is 2.65. The van der Waals surface area contributed by atoms with Gasteiger partial charge in [0.1, 0.15) is 12.2 Å². The van der Waals surface area contributed by atoms with Gasteiger partial charge in [-0.1, -0.05) is 63.8 Å². The lowest BCUT2D eigenvalue weighted by atomic mass is 9.76. The Hall–Kier alpha value is -3.22. The van der Waals surface area contributed by atoms with Gasteiger partial charge in [-0.25, -0.2) is 0 Å². The first-order valence-corrected chi connectivity index (χ1v) is 13.8. The molecular weight excluding hydrogens is 496 g/mol. The molecule has 3 aliphatic rings. The van der Waals surface area contributed by atoms with Crippen LogP contribution in [0.15, 0.2) is 54.1 Å². The van der Waals surface area contributed by atoms with Gasteiger partial charge in [0.25, 0.3) is 0 Å². The fourth-order valence-corrected chi connectivity index (χ4v) is 6.99.